The normalized spacial score (nSPS) is 12.4. The van der Waals surface area contributed by atoms with E-state index in [0.29, 0.717) is 16.7 Å². The third-order valence-corrected chi connectivity index (χ3v) is 6.08. The molecule has 0 aliphatic rings. The van der Waals surface area contributed by atoms with Gasteiger partial charge in [-0.3, -0.25) is 9.59 Å². The fraction of sp³-hybridized carbons (Fsp3) is 0.133. The molecule has 212 valence electrons. The number of carbonyl (C=O) groups excluding carboxylic acids is 1. The van der Waals surface area contributed by atoms with Crippen molar-refractivity contribution >= 4 is 11.9 Å². The molecule has 0 spiro atoms. The number of carboxylic acids is 1. The summed E-state index contributed by atoms with van der Waals surface area (Å²) in [5, 5.41) is 12.0. The molecular formula is C30H21F6NO4. The van der Waals surface area contributed by atoms with Gasteiger partial charge in [0.15, 0.2) is 0 Å². The second kappa shape index (κ2) is 11.7. The number of amides is 1. The number of nitrogens with one attached hydrogen (secondary N) is 1. The highest BCUT2D eigenvalue weighted by molar-refractivity contribution is 5.95. The number of rotatable bonds is 8. The molecule has 4 rings (SSSR count). The van der Waals surface area contributed by atoms with E-state index in [-0.39, 0.29) is 17.1 Å². The molecule has 0 aliphatic carbocycles. The van der Waals surface area contributed by atoms with Gasteiger partial charge in [0.1, 0.15) is 11.5 Å². The Hall–Kier alpha value is -4.80. The summed E-state index contributed by atoms with van der Waals surface area (Å²) in [5.74, 6) is -1.29. The highest BCUT2D eigenvalue weighted by Crippen LogP contribution is 2.33. The van der Waals surface area contributed by atoms with Crippen molar-refractivity contribution in [3.63, 3.8) is 0 Å². The molecule has 0 radical (unpaired) electrons. The maximum atomic E-state index is 12.9. The van der Waals surface area contributed by atoms with Crippen LogP contribution in [0, 0.1) is 0 Å². The van der Waals surface area contributed by atoms with E-state index < -0.39 is 47.8 Å². The summed E-state index contributed by atoms with van der Waals surface area (Å²) in [6, 6.07) is 19.9. The van der Waals surface area contributed by atoms with Crippen LogP contribution < -0.4 is 10.1 Å². The molecule has 11 heteroatoms. The van der Waals surface area contributed by atoms with Crippen molar-refractivity contribution in [2.75, 3.05) is 0 Å². The lowest BCUT2D eigenvalue weighted by Gasteiger charge is -2.18. The van der Waals surface area contributed by atoms with Gasteiger partial charge >= 0.3 is 18.3 Å². The first kappa shape index (κ1) is 29.2. The largest absolute Gasteiger partial charge is 0.481 e. The number of carboxylic acid groups (broad SMARTS) is 1. The van der Waals surface area contributed by atoms with Crippen LogP contribution in [0.4, 0.5) is 26.3 Å². The second-order valence-corrected chi connectivity index (χ2v) is 8.97. The van der Waals surface area contributed by atoms with Crippen LogP contribution in [0.1, 0.15) is 39.5 Å². The summed E-state index contributed by atoms with van der Waals surface area (Å²) in [6.45, 7) is 0. The van der Waals surface area contributed by atoms with E-state index in [0.717, 1.165) is 24.3 Å². The van der Waals surface area contributed by atoms with Crippen molar-refractivity contribution in [1.82, 2.24) is 5.32 Å². The molecule has 5 nitrogen and oxygen atoms in total. The monoisotopic (exact) mass is 573 g/mol. The third-order valence-electron chi connectivity index (χ3n) is 6.08. The lowest BCUT2D eigenvalue weighted by Crippen LogP contribution is -2.30. The number of halogens is 6. The Morgan fingerprint density at radius 3 is 1.51 bits per heavy atom. The minimum Gasteiger partial charge on any atom is -0.481 e. The molecule has 0 saturated heterocycles. The van der Waals surface area contributed by atoms with Gasteiger partial charge in [0.05, 0.1) is 23.6 Å². The van der Waals surface area contributed by atoms with Gasteiger partial charge in [0.25, 0.3) is 5.91 Å². The number of hydrogen-bond acceptors (Lipinski definition) is 3. The van der Waals surface area contributed by atoms with Crippen LogP contribution in [0.25, 0.3) is 11.1 Å². The lowest BCUT2D eigenvalue weighted by atomic mass is 10.0. The first-order valence-corrected chi connectivity index (χ1v) is 12.0. The number of aliphatic carboxylic acids is 1. The molecule has 1 atom stereocenters. The quantitative estimate of drug-likeness (QED) is 0.209. The molecule has 0 bridgehead atoms. The molecule has 4 aromatic carbocycles. The van der Waals surface area contributed by atoms with Gasteiger partial charge < -0.3 is 15.2 Å². The van der Waals surface area contributed by atoms with E-state index in [4.69, 9.17) is 4.74 Å². The summed E-state index contributed by atoms with van der Waals surface area (Å²) in [4.78, 5) is 24.4. The average molecular weight is 573 g/mol. The van der Waals surface area contributed by atoms with Crippen LogP contribution in [0.3, 0.4) is 0 Å². The van der Waals surface area contributed by atoms with Crippen molar-refractivity contribution in [3.05, 3.63) is 119 Å². The molecule has 2 N–H and O–H groups in total. The molecule has 0 heterocycles. The summed E-state index contributed by atoms with van der Waals surface area (Å²) in [5.41, 5.74) is 0.163. The van der Waals surface area contributed by atoms with E-state index in [2.05, 4.69) is 5.32 Å². The average Bonchev–Trinajstić information content (AvgIpc) is 2.92. The van der Waals surface area contributed by atoms with Gasteiger partial charge in [-0.1, -0.05) is 36.4 Å². The summed E-state index contributed by atoms with van der Waals surface area (Å²) >= 11 is 0. The third kappa shape index (κ3) is 7.65. The molecule has 4 aromatic rings. The molecule has 0 fully saturated rings. The van der Waals surface area contributed by atoms with E-state index in [9.17, 15) is 41.0 Å². The van der Waals surface area contributed by atoms with Crippen LogP contribution >= 0.6 is 0 Å². The fourth-order valence-corrected chi connectivity index (χ4v) is 3.95. The van der Waals surface area contributed by atoms with Gasteiger partial charge in [-0.05, 0) is 77.4 Å². The van der Waals surface area contributed by atoms with Crippen molar-refractivity contribution in [1.29, 1.82) is 0 Å². The summed E-state index contributed by atoms with van der Waals surface area (Å²) < 4.78 is 82.2. The standard InChI is InChI=1S/C30H21F6NO4/c31-29(32,33)22-9-5-19(6-10-22)18-1-3-21(4-2-18)28(40)37-26(17-27(38)39)20-7-13-24(14-8-20)41-25-15-11-23(12-16-25)30(34,35)36/h1-16,26H,17H2,(H,37,40)(H,38,39). The minimum absolute atomic E-state index is 0.167. The van der Waals surface area contributed by atoms with Crippen LogP contribution in [0.5, 0.6) is 11.5 Å². The van der Waals surface area contributed by atoms with Crippen molar-refractivity contribution in [3.8, 4) is 22.6 Å². The van der Waals surface area contributed by atoms with Gasteiger partial charge in [0, 0.05) is 5.56 Å². The Kier molecular flexibility index (Phi) is 8.36. The van der Waals surface area contributed by atoms with Gasteiger partial charge in [-0.25, -0.2) is 0 Å². The fourth-order valence-electron chi connectivity index (χ4n) is 3.95. The maximum Gasteiger partial charge on any atom is 0.416 e. The summed E-state index contributed by atoms with van der Waals surface area (Å²) in [6.07, 6.45) is -9.36. The second-order valence-electron chi connectivity index (χ2n) is 8.97. The Labute approximate surface area is 230 Å². The molecule has 1 amide bonds. The number of alkyl halides is 6. The van der Waals surface area contributed by atoms with Crippen LogP contribution in [0.2, 0.25) is 0 Å². The van der Waals surface area contributed by atoms with E-state index in [1.165, 1.54) is 60.7 Å². The van der Waals surface area contributed by atoms with Gasteiger partial charge in [-0.2, -0.15) is 26.3 Å². The molecule has 0 aliphatic heterocycles. The molecule has 41 heavy (non-hydrogen) atoms. The smallest absolute Gasteiger partial charge is 0.416 e. The van der Waals surface area contributed by atoms with E-state index in [1.54, 1.807) is 12.1 Å². The topological polar surface area (TPSA) is 75.6 Å². The maximum absolute atomic E-state index is 12.9. The minimum atomic E-state index is -4.47. The highest BCUT2D eigenvalue weighted by atomic mass is 19.4. The van der Waals surface area contributed by atoms with Crippen LogP contribution in [-0.4, -0.2) is 17.0 Å². The van der Waals surface area contributed by atoms with E-state index in [1.807, 2.05) is 0 Å². The highest BCUT2D eigenvalue weighted by Gasteiger charge is 2.31. The van der Waals surface area contributed by atoms with Crippen LogP contribution in [-0.2, 0) is 17.1 Å². The SMILES string of the molecule is O=C(O)CC(NC(=O)c1ccc(-c2ccc(C(F)(F)F)cc2)cc1)c1ccc(Oc2ccc(C(F)(F)F)cc2)cc1. The number of ether oxygens (including phenoxy) is 1. The predicted molar refractivity (Wildman–Crippen MR) is 137 cm³/mol. The number of carbonyl (C=O) groups is 2. The lowest BCUT2D eigenvalue weighted by molar-refractivity contribution is -0.138. The molecule has 0 aromatic heterocycles. The first-order chi connectivity index (χ1) is 19.3. The first-order valence-electron chi connectivity index (χ1n) is 12.0. The van der Waals surface area contributed by atoms with Crippen molar-refractivity contribution in [2.24, 2.45) is 0 Å². The zero-order valence-electron chi connectivity index (χ0n) is 21.0. The Morgan fingerprint density at radius 1 is 0.659 bits per heavy atom. The number of benzene rings is 4. The number of hydrogen-bond donors (Lipinski definition) is 2. The predicted octanol–water partition coefficient (Wildman–Crippen LogP) is 8.13. The van der Waals surface area contributed by atoms with Crippen molar-refractivity contribution < 1.29 is 45.8 Å². The van der Waals surface area contributed by atoms with Crippen molar-refractivity contribution in [2.45, 2.75) is 24.8 Å². The van der Waals surface area contributed by atoms with E-state index >= 15 is 0 Å². The Balaban J connectivity index is 1.44. The van der Waals surface area contributed by atoms with Gasteiger partial charge in [0.2, 0.25) is 0 Å². The zero-order chi connectivity index (χ0) is 29.8. The van der Waals surface area contributed by atoms with Gasteiger partial charge in [-0.15, -0.1) is 0 Å². The zero-order valence-corrected chi connectivity index (χ0v) is 21.0. The Bertz CT molecular complexity index is 1500. The Morgan fingerprint density at radius 2 is 1.07 bits per heavy atom. The van der Waals surface area contributed by atoms with Crippen LogP contribution in [0.15, 0.2) is 97.1 Å². The molecule has 1 unspecified atom stereocenters. The molecular weight excluding hydrogens is 552 g/mol. The molecule has 0 saturated carbocycles. The summed E-state index contributed by atoms with van der Waals surface area (Å²) in [7, 11) is 0.